The van der Waals surface area contributed by atoms with E-state index in [0.717, 1.165) is 6.07 Å². The largest absolute Gasteiger partial charge is 0.478 e. The van der Waals surface area contributed by atoms with Crippen LogP contribution in [-0.4, -0.2) is 28.1 Å². The molecule has 1 aromatic heterocycles. The van der Waals surface area contributed by atoms with E-state index in [1.165, 1.54) is 6.20 Å². The molecule has 0 saturated heterocycles. The fraction of sp³-hybridized carbons (Fsp3) is 0.385. The minimum Gasteiger partial charge on any atom is -0.478 e. The smallest absolute Gasteiger partial charge is 0.338 e. The number of anilines is 1. The van der Waals surface area contributed by atoms with E-state index in [1.807, 2.05) is 20.8 Å². The van der Waals surface area contributed by atoms with Gasteiger partial charge in [0.15, 0.2) is 11.6 Å². The molecular weight excluding hydrogens is 235 g/mol. The van der Waals surface area contributed by atoms with Gasteiger partial charge in [0.25, 0.3) is 0 Å². The van der Waals surface area contributed by atoms with Crippen LogP contribution < -0.4 is 4.90 Å². The van der Waals surface area contributed by atoms with Crippen molar-refractivity contribution in [3.8, 4) is 0 Å². The first-order valence-electron chi connectivity index (χ1n) is 5.55. The van der Waals surface area contributed by atoms with Crippen LogP contribution in [-0.2, 0) is 0 Å². The lowest BCUT2D eigenvalue weighted by atomic mass is 10.1. The number of halogens is 1. The molecule has 98 valence electrons. The second-order valence-corrected chi connectivity index (χ2v) is 4.87. The Kier molecular flexibility index (Phi) is 4.06. The van der Waals surface area contributed by atoms with Gasteiger partial charge in [-0.2, -0.15) is 0 Å². The molecule has 0 spiro atoms. The predicted molar refractivity (Wildman–Crippen MR) is 68.5 cm³/mol. The maximum absolute atomic E-state index is 14.1. The van der Waals surface area contributed by atoms with Crippen LogP contribution in [0.1, 0.15) is 31.1 Å². The monoisotopic (exact) mass is 252 g/mol. The van der Waals surface area contributed by atoms with Crippen molar-refractivity contribution in [1.82, 2.24) is 4.98 Å². The zero-order valence-corrected chi connectivity index (χ0v) is 10.8. The number of carbonyl (C=O) groups is 1. The van der Waals surface area contributed by atoms with Crippen molar-refractivity contribution in [2.75, 3.05) is 11.4 Å². The van der Waals surface area contributed by atoms with E-state index in [1.54, 1.807) is 11.0 Å². The average Bonchev–Trinajstić information content (AvgIpc) is 2.25. The van der Waals surface area contributed by atoms with Gasteiger partial charge in [-0.3, -0.25) is 0 Å². The Hall–Kier alpha value is -1.91. The van der Waals surface area contributed by atoms with E-state index in [0.29, 0.717) is 6.54 Å². The molecule has 0 aliphatic rings. The summed E-state index contributed by atoms with van der Waals surface area (Å²) in [5.41, 5.74) is -0.766. The van der Waals surface area contributed by atoms with E-state index >= 15 is 0 Å². The summed E-state index contributed by atoms with van der Waals surface area (Å²) in [5, 5.41) is 8.90. The fourth-order valence-corrected chi connectivity index (χ4v) is 1.59. The van der Waals surface area contributed by atoms with Gasteiger partial charge in [-0.15, -0.1) is 6.58 Å². The first-order valence-corrected chi connectivity index (χ1v) is 5.55. The van der Waals surface area contributed by atoms with Crippen molar-refractivity contribution in [3.05, 3.63) is 36.3 Å². The molecule has 1 aromatic rings. The van der Waals surface area contributed by atoms with Crippen LogP contribution in [0.3, 0.4) is 0 Å². The standard InChI is InChI=1S/C13H17FN2O2/c1-5-8-16(13(2,3)4)11-10(14)9(12(17)18)6-7-15-11/h5-7H,1,8H2,2-4H3,(H,17,18). The van der Waals surface area contributed by atoms with Gasteiger partial charge in [-0.05, 0) is 26.8 Å². The highest BCUT2D eigenvalue weighted by Crippen LogP contribution is 2.26. The Morgan fingerprint density at radius 2 is 2.22 bits per heavy atom. The third-order valence-electron chi connectivity index (χ3n) is 2.48. The molecule has 0 saturated carbocycles. The van der Waals surface area contributed by atoms with E-state index in [4.69, 9.17) is 5.11 Å². The molecule has 18 heavy (non-hydrogen) atoms. The Balaban J connectivity index is 3.33. The van der Waals surface area contributed by atoms with Crippen molar-refractivity contribution in [2.45, 2.75) is 26.3 Å². The van der Waals surface area contributed by atoms with Crippen LogP contribution in [0.4, 0.5) is 10.2 Å². The quantitative estimate of drug-likeness (QED) is 0.837. The van der Waals surface area contributed by atoms with Gasteiger partial charge in [0.1, 0.15) is 5.56 Å². The number of nitrogens with zero attached hydrogens (tertiary/aromatic N) is 2. The van der Waals surface area contributed by atoms with Crippen LogP contribution in [0.15, 0.2) is 24.9 Å². The molecule has 0 aromatic carbocycles. The van der Waals surface area contributed by atoms with Gasteiger partial charge in [-0.25, -0.2) is 14.2 Å². The molecule has 0 radical (unpaired) electrons. The van der Waals surface area contributed by atoms with Gasteiger partial charge < -0.3 is 10.0 Å². The minimum atomic E-state index is -1.30. The highest BCUT2D eigenvalue weighted by Gasteiger charge is 2.26. The topological polar surface area (TPSA) is 53.4 Å². The van der Waals surface area contributed by atoms with Gasteiger partial charge in [0.05, 0.1) is 0 Å². The average molecular weight is 252 g/mol. The summed E-state index contributed by atoms with van der Waals surface area (Å²) in [6, 6.07) is 1.15. The van der Waals surface area contributed by atoms with Crippen LogP contribution in [0, 0.1) is 5.82 Å². The third kappa shape index (κ3) is 2.85. The van der Waals surface area contributed by atoms with Crippen molar-refractivity contribution >= 4 is 11.8 Å². The normalized spacial score (nSPS) is 11.1. The van der Waals surface area contributed by atoms with Crippen LogP contribution in [0.2, 0.25) is 0 Å². The molecule has 0 atom stereocenters. The van der Waals surface area contributed by atoms with E-state index in [2.05, 4.69) is 11.6 Å². The second-order valence-electron chi connectivity index (χ2n) is 4.87. The summed E-state index contributed by atoms with van der Waals surface area (Å²) in [4.78, 5) is 16.5. The number of aromatic carboxylic acids is 1. The number of hydrogen-bond donors (Lipinski definition) is 1. The summed E-state index contributed by atoms with van der Waals surface area (Å²) < 4.78 is 14.1. The highest BCUT2D eigenvalue weighted by molar-refractivity contribution is 5.88. The third-order valence-corrected chi connectivity index (χ3v) is 2.48. The van der Waals surface area contributed by atoms with Gasteiger partial charge in [0, 0.05) is 18.3 Å². The van der Waals surface area contributed by atoms with Gasteiger partial charge >= 0.3 is 5.97 Å². The Bertz CT molecular complexity index is 467. The molecule has 0 aliphatic carbocycles. The molecule has 0 amide bonds. The molecule has 0 bridgehead atoms. The summed E-state index contributed by atoms with van der Waals surface area (Å²) in [7, 11) is 0. The molecule has 0 aliphatic heterocycles. The van der Waals surface area contributed by atoms with Crippen molar-refractivity contribution < 1.29 is 14.3 Å². The van der Waals surface area contributed by atoms with Crippen LogP contribution in [0.5, 0.6) is 0 Å². The van der Waals surface area contributed by atoms with Crippen molar-refractivity contribution in [3.63, 3.8) is 0 Å². The predicted octanol–water partition coefficient (Wildman–Crippen LogP) is 2.71. The number of pyridine rings is 1. The molecule has 4 nitrogen and oxygen atoms in total. The fourth-order valence-electron chi connectivity index (χ4n) is 1.59. The summed E-state index contributed by atoms with van der Waals surface area (Å²) in [6.07, 6.45) is 2.92. The summed E-state index contributed by atoms with van der Waals surface area (Å²) in [5.74, 6) is -2.09. The number of carboxylic acids is 1. The van der Waals surface area contributed by atoms with E-state index in [-0.39, 0.29) is 16.9 Å². The van der Waals surface area contributed by atoms with Crippen LogP contribution >= 0.6 is 0 Å². The maximum atomic E-state index is 14.1. The molecular formula is C13H17FN2O2. The van der Waals surface area contributed by atoms with Crippen molar-refractivity contribution in [1.29, 1.82) is 0 Å². The zero-order chi connectivity index (χ0) is 13.9. The molecule has 1 rings (SSSR count). The van der Waals surface area contributed by atoms with Crippen molar-refractivity contribution in [2.24, 2.45) is 0 Å². The Morgan fingerprint density at radius 3 is 2.67 bits per heavy atom. The molecule has 5 heteroatoms. The summed E-state index contributed by atoms with van der Waals surface area (Å²) >= 11 is 0. The van der Waals surface area contributed by atoms with Gasteiger partial charge in [0.2, 0.25) is 0 Å². The number of carboxylic acid groups (broad SMARTS) is 1. The minimum absolute atomic E-state index is 0.0299. The van der Waals surface area contributed by atoms with E-state index < -0.39 is 11.8 Å². The van der Waals surface area contributed by atoms with E-state index in [9.17, 15) is 9.18 Å². The SMILES string of the molecule is C=CCN(c1nccc(C(=O)O)c1F)C(C)(C)C. The lowest BCUT2D eigenvalue weighted by Gasteiger charge is -2.36. The number of aromatic nitrogens is 1. The number of hydrogen-bond acceptors (Lipinski definition) is 3. The molecule has 0 unspecified atom stereocenters. The first kappa shape index (κ1) is 14.2. The first-order chi connectivity index (χ1) is 8.29. The van der Waals surface area contributed by atoms with Crippen LogP contribution in [0.25, 0.3) is 0 Å². The maximum Gasteiger partial charge on any atom is 0.338 e. The zero-order valence-electron chi connectivity index (χ0n) is 10.8. The Labute approximate surface area is 106 Å². The molecule has 1 heterocycles. The highest BCUT2D eigenvalue weighted by atomic mass is 19.1. The molecule has 1 N–H and O–H groups in total. The second kappa shape index (κ2) is 5.16. The Morgan fingerprint density at radius 1 is 1.61 bits per heavy atom. The van der Waals surface area contributed by atoms with Gasteiger partial charge in [-0.1, -0.05) is 6.08 Å². The summed E-state index contributed by atoms with van der Waals surface area (Å²) in [6.45, 7) is 9.69. The lowest BCUT2D eigenvalue weighted by molar-refractivity contribution is 0.0691. The lowest BCUT2D eigenvalue weighted by Crippen LogP contribution is -2.42. The molecule has 0 fully saturated rings. The number of rotatable bonds is 4.